The number of hydrogen-bond donors (Lipinski definition) is 1. The third kappa shape index (κ3) is 4.52. The van der Waals surface area contributed by atoms with Crippen LogP contribution in [-0.4, -0.2) is 29.1 Å². The first kappa shape index (κ1) is 20.1. The Morgan fingerprint density at radius 2 is 1.93 bits per heavy atom. The first-order valence-corrected chi connectivity index (χ1v) is 10.8. The Hall–Kier alpha value is -3.19. The van der Waals surface area contributed by atoms with E-state index in [1.165, 1.54) is 0 Å². The van der Waals surface area contributed by atoms with Gasteiger partial charge in [-0.2, -0.15) is 0 Å². The third-order valence-electron chi connectivity index (χ3n) is 4.76. The largest absolute Gasteiger partial charge is 0.494 e. The number of anilines is 1. The van der Waals surface area contributed by atoms with Crippen LogP contribution in [-0.2, 0) is 11.3 Å². The predicted molar refractivity (Wildman–Crippen MR) is 116 cm³/mol. The molecule has 154 valence electrons. The fourth-order valence-corrected chi connectivity index (χ4v) is 4.46. The zero-order chi connectivity index (χ0) is 20.9. The van der Waals surface area contributed by atoms with Gasteiger partial charge in [0.25, 0.3) is 5.91 Å². The number of rotatable bonds is 7. The number of nitrogens with zero attached hydrogens (tertiary/aromatic N) is 1. The second kappa shape index (κ2) is 9.09. The molecule has 30 heavy (non-hydrogen) atoms. The number of benzene rings is 2. The topological polar surface area (TPSA) is 71.8 Å². The summed E-state index contributed by atoms with van der Waals surface area (Å²) in [5.74, 6) is 1.85. The third-order valence-corrected chi connectivity index (χ3v) is 6.01. The average molecular weight is 423 g/mol. The molecule has 6 nitrogen and oxygen atoms in total. The summed E-state index contributed by atoms with van der Waals surface area (Å²) in [6.45, 7) is 2.96. The number of hydrogen-bond acceptors (Lipinski definition) is 5. The van der Waals surface area contributed by atoms with Crippen LogP contribution >= 0.6 is 11.8 Å². The van der Waals surface area contributed by atoms with Crippen molar-refractivity contribution in [2.75, 3.05) is 17.7 Å². The fraction of sp³-hybridized carbons (Fsp3) is 0.217. The summed E-state index contributed by atoms with van der Waals surface area (Å²) in [7, 11) is 0. The lowest BCUT2D eigenvalue weighted by atomic mass is 10.1. The summed E-state index contributed by atoms with van der Waals surface area (Å²) >= 11 is 1.58. The van der Waals surface area contributed by atoms with Crippen LogP contribution in [0, 0.1) is 0 Å². The molecule has 1 atom stereocenters. The van der Waals surface area contributed by atoms with Crippen molar-refractivity contribution in [2.45, 2.75) is 18.8 Å². The van der Waals surface area contributed by atoms with Crippen molar-refractivity contribution in [3.8, 4) is 5.75 Å². The monoisotopic (exact) mass is 422 g/mol. The number of ether oxygens (including phenoxy) is 1. The Morgan fingerprint density at radius 1 is 1.17 bits per heavy atom. The highest BCUT2D eigenvalue weighted by Crippen LogP contribution is 2.39. The van der Waals surface area contributed by atoms with Gasteiger partial charge in [-0.1, -0.05) is 12.1 Å². The molecular weight excluding hydrogens is 400 g/mol. The second-order valence-corrected chi connectivity index (χ2v) is 7.87. The van der Waals surface area contributed by atoms with E-state index in [9.17, 15) is 9.59 Å². The van der Waals surface area contributed by atoms with Gasteiger partial charge in [0.1, 0.15) is 16.9 Å². The van der Waals surface area contributed by atoms with E-state index >= 15 is 0 Å². The lowest BCUT2D eigenvalue weighted by Gasteiger charge is -2.23. The molecule has 4 rings (SSSR count). The molecule has 0 radical (unpaired) electrons. The molecule has 0 unspecified atom stereocenters. The van der Waals surface area contributed by atoms with E-state index in [0.717, 1.165) is 17.1 Å². The molecule has 1 aromatic heterocycles. The normalized spacial score (nSPS) is 16.0. The maximum atomic E-state index is 12.6. The van der Waals surface area contributed by atoms with Crippen LogP contribution in [0.1, 0.15) is 34.0 Å². The molecule has 2 aromatic carbocycles. The molecule has 0 bridgehead atoms. The Bertz CT molecular complexity index is 1000. The van der Waals surface area contributed by atoms with Gasteiger partial charge in [0.05, 0.1) is 25.2 Å². The number of carbonyl (C=O) groups excluding carboxylic acids is 2. The molecule has 2 amide bonds. The highest BCUT2D eigenvalue weighted by atomic mass is 32.2. The van der Waals surface area contributed by atoms with E-state index in [4.69, 9.17) is 9.15 Å². The molecule has 1 aliphatic rings. The maximum absolute atomic E-state index is 12.6. The molecule has 2 heterocycles. The van der Waals surface area contributed by atoms with Crippen LogP contribution in [0.3, 0.4) is 0 Å². The zero-order valence-electron chi connectivity index (χ0n) is 16.5. The number of furan rings is 1. The van der Waals surface area contributed by atoms with Crippen LogP contribution < -0.4 is 10.1 Å². The second-order valence-electron chi connectivity index (χ2n) is 6.80. The van der Waals surface area contributed by atoms with E-state index in [0.29, 0.717) is 30.2 Å². The van der Waals surface area contributed by atoms with Crippen LogP contribution in [0.5, 0.6) is 5.75 Å². The van der Waals surface area contributed by atoms with Gasteiger partial charge in [-0.15, -0.1) is 11.8 Å². The Kier molecular flexibility index (Phi) is 6.09. The van der Waals surface area contributed by atoms with E-state index in [1.807, 2.05) is 55.5 Å². The summed E-state index contributed by atoms with van der Waals surface area (Å²) < 4.78 is 10.8. The predicted octanol–water partition coefficient (Wildman–Crippen LogP) is 4.70. The lowest BCUT2D eigenvalue weighted by molar-refractivity contribution is -0.128. The van der Waals surface area contributed by atoms with Crippen LogP contribution in [0.4, 0.5) is 5.69 Å². The van der Waals surface area contributed by atoms with Crippen LogP contribution in [0.25, 0.3) is 0 Å². The maximum Gasteiger partial charge on any atom is 0.255 e. The number of carbonyl (C=O) groups is 2. The smallest absolute Gasteiger partial charge is 0.255 e. The SMILES string of the molecule is CCOc1ccc(NC(=O)c2ccc([C@H]3SCC(=O)N3Cc3ccco3)cc2)cc1. The molecule has 1 fully saturated rings. The van der Waals surface area contributed by atoms with Crippen molar-refractivity contribution < 1.29 is 18.7 Å². The van der Waals surface area contributed by atoms with Gasteiger partial charge in [0.15, 0.2) is 0 Å². The van der Waals surface area contributed by atoms with Crippen LogP contribution in [0.15, 0.2) is 71.3 Å². The van der Waals surface area contributed by atoms with Crippen molar-refractivity contribution in [3.05, 3.63) is 83.8 Å². The summed E-state index contributed by atoms with van der Waals surface area (Å²) in [6.07, 6.45) is 1.61. The summed E-state index contributed by atoms with van der Waals surface area (Å²) in [5, 5.41) is 2.79. The van der Waals surface area contributed by atoms with Gasteiger partial charge in [-0.3, -0.25) is 9.59 Å². The standard InChI is InChI=1S/C23H22N2O4S/c1-2-28-19-11-9-18(10-12-19)24-22(27)16-5-7-17(8-6-16)23-25(21(26)15-30-23)14-20-4-3-13-29-20/h3-13,23H,2,14-15H2,1H3,(H,24,27)/t23-/m1/s1. The number of amides is 2. The molecule has 3 aromatic rings. The van der Waals surface area contributed by atoms with Crippen molar-refractivity contribution in [1.82, 2.24) is 4.90 Å². The first-order chi connectivity index (χ1) is 14.6. The molecule has 0 aliphatic carbocycles. The van der Waals surface area contributed by atoms with Gasteiger partial charge < -0.3 is 19.4 Å². The van der Waals surface area contributed by atoms with E-state index < -0.39 is 0 Å². The summed E-state index contributed by atoms with van der Waals surface area (Å²) in [5.41, 5.74) is 2.24. The van der Waals surface area contributed by atoms with Crippen molar-refractivity contribution in [1.29, 1.82) is 0 Å². The summed E-state index contributed by atoms with van der Waals surface area (Å²) in [6, 6.07) is 18.3. The van der Waals surface area contributed by atoms with Gasteiger partial charge in [0, 0.05) is 11.3 Å². The minimum absolute atomic E-state index is 0.0821. The fourth-order valence-electron chi connectivity index (χ4n) is 3.28. The van der Waals surface area contributed by atoms with Gasteiger partial charge in [0.2, 0.25) is 5.91 Å². The minimum Gasteiger partial charge on any atom is -0.494 e. The van der Waals surface area contributed by atoms with Crippen molar-refractivity contribution in [3.63, 3.8) is 0 Å². The van der Waals surface area contributed by atoms with Crippen molar-refractivity contribution >= 4 is 29.3 Å². The van der Waals surface area contributed by atoms with Gasteiger partial charge in [-0.05, 0) is 61.0 Å². The van der Waals surface area contributed by atoms with E-state index in [1.54, 1.807) is 35.1 Å². The first-order valence-electron chi connectivity index (χ1n) is 9.71. The molecular formula is C23H22N2O4S. The lowest BCUT2D eigenvalue weighted by Crippen LogP contribution is -2.27. The highest BCUT2D eigenvalue weighted by Gasteiger charge is 2.33. The molecule has 0 spiro atoms. The van der Waals surface area contributed by atoms with Gasteiger partial charge in [-0.25, -0.2) is 0 Å². The van der Waals surface area contributed by atoms with E-state index in [2.05, 4.69) is 5.32 Å². The molecule has 0 saturated carbocycles. The Labute approximate surface area is 179 Å². The molecule has 1 aliphatic heterocycles. The quantitative estimate of drug-likeness (QED) is 0.597. The number of nitrogens with one attached hydrogen (secondary N) is 1. The molecule has 7 heteroatoms. The average Bonchev–Trinajstić information content (AvgIpc) is 3.40. The van der Waals surface area contributed by atoms with Crippen molar-refractivity contribution in [2.24, 2.45) is 0 Å². The summed E-state index contributed by atoms with van der Waals surface area (Å²) in [4.78, 5) is 26.7. The van der Waals surface area contributed by atoms with Crippen LogP contribution in [0.2, 0.25) is 0 Å². The molecule has 1 N–H and O–H groups in total. The molecule has 1 saturated heterocycles. The zero-order valence-corrected chi connectivity index (χ0v) is 17.4. The Morgan fingerprint density at radius 3 is 2.60 bits per heavy atom. The minimum atomic E-state index is -0.187. The highest BCUT2D eigenvalue weighted by molar-refractivity contribution is 8.00. The van der Waals surface area contributed by atoms with Gasteiger partial charge >= 0.3 is 0 Å². The number of thioether (sulfide) groups is 1. The Balaban J connectivity index is 1.42. The van der Waals surface area contributed by atoms with E-state index in [-0.39, 0.29) is 17.2 Å².